The van der Waals surface area contributed by atoms with E-state index >= 15 is 0 Å². The fraction of sp³-hybridized carbons (Fsp3) is 0.250. The summed E-state index contributed by atoms with van der Waals surface area (Å²) in [4.78, 5) is 0. The Morgan fingerprint density at radius 1 is 1.26 bits per heavy atom. The molecule has 0 saturated heterocycles. The van der Waals surface area contributed by atoms with E-state index in [2.05, 4.69) is 5.10 Å². The van der Waals surface area contributed by atoms with Crippen LogP contribution in [0, 0.1) is 6.92 Å². The molecule has 1 heterocycles. The zero-order valence-electron chi connectivity index (χ0n) is 10.0. The number of alkyl halides is 3. The Hall–Kier alpha value is -1.69. The fourth-order valence-corrected chi connectivity index (χ4v) is 1.81. The number of halogens is 4. The van der Waals surface area contributed by atoms with Gasteiger partial charge in [-0.1, -0.05) is 23.7 Å². The topological polar surface area (TPSA) is 43.8 Å². The maximum absolute atomic E-state index is 12.4. The van der Waals surface area contributed by atoms with E-state index in [1.165, 1.54) is 16.8 Å². The number of nitrogens with two attached hydrogens (primary N) is 1. The van der Waals surface area contributed by atoms with E-state index in [-0.39, 0.29) is 6.54 Å². The Balaban J connectivity index is 2.22. The van der Waals surface area contributed by atoms with Crippen molar-refractivity contribution in [2.75, 3.05) is 5.73 Å². The summed E-state index contributed by atoms with van der Waals surface area (Å²) in [5, 5.41) is 4.48. The number of nitrogens with zero attached hydrogens (tertiary/aromatic N) is 2. The third-order valence-corrected chi connectivity index (χ3v) is 3.17. The molecular weight excluding hydrogens is 279 g/mol. The molecule has 0 aliphatic carbocycles. The molecule has 1 aromatic heterocycles. The molecule has 0 bridgehead atoms. The molecule has 0 aliphatic rings. The smallest absolute Gasteiger partial charge is 0.383 e. The number of aromatic nitrogens is 2. The predicted octanol–water partition coefficient (Wildman–Crippen LogP) is 3.49. The fourth-order valence-electron chi connectivity index (χ4n) is 1.67. The van der Waals surface area contributed by atoms with Crippen molar-refractivity contribution in [1.82, 2.24) is 9.78 Å². The van der Waals surface area contributed by atoms with Gasteiger partial charge in [-0.25, -0.2) is 4.68 Å². The summed E-state index contributed by atoms with van der Waals surface area (Å²) in [6.07, 6.45) is -4.33. The Labute approximate surface area is 112 Å². The quantitative estimate of drug-likeness (QED) is 0.919. The van der Waals surface area contributed by atoms with Crippen LogP contribution in [-0.4, -0.2) is 9.78 Å². The van der Waals surface area contributed by atoms with Gasteiger partial charge in [0.15, 0.2) is 0 Å². The van der Waals surface area contributed by atoms with Crippen LogP contribution in [-0.2, 0) is 12.7 Å². The normalized spacial score (nSPS) is 11.8. The van der Waals surface area contributed by atoms with Crippen LogP contribution in [0.4, 0.5) is 19.0 Å². The average molecular weight is 290 g/mol. The molecule has 0 atom stereocenters. The van der Waals surface area contributed by atoms with Crippen molar-refractivity contribution in [1.29, 1.82) is 0 Å². The first-order chi connectivity index (χ1) is 8.79. The van der Waals surface area contributed by atoms with Crippen molar-refractivity contribution >= 4 is 17.4 Å². The number of benzene rings is 1. The minimum atomic E-state index is -4.33. The molecule has 2 aromatic rings. The highest BCUT2D eigenvalue weighted by Gasteiger charge is 2.29. The second-order valence-electron chi connectivity index (χ2n) is 4.14. The van der Waals surface area contributed by atoms with Gasteiger partial charge in [0.25, 0.3) is 0 Å². The SMILES string of the molecule is Cc1nn(Cc2ccc(C(F)(F)F)cc2)c(N)c1Cl. The van der Waals surface area contributed by atoms with Crippen molar-refractivity contribution in [3.63, 3.8) is 0 Å². The summed E-state index contributed by atoms with van der Waals surface area (Å²) in [6, 6.07) is 4.85. The summed E-state index contributed by atoms with van der Waals surface area (Å²) >= 11 is 5.89. The third-order valence-electron chi connectivity index (χ3n) is 2.70. The molecule has 0 fully saturated rings. The summed E-state index contributed by atoms with van der Waals surface area (Å²) in [5.74, 6) is 0.305. The van der Waals surface area contributed by atoms with Crippen LogP contribution in [0.1, 0.15) is 16.8 Å². The first-order valence-electron chi connectivity index (χ1n) is 5.43. The van der Waals surface area contributed by atoms with E-state index in [1.54, 1.807) is 6.92 Å². The molecule has 3 nitrogen and oxygen atoms in total. The van der Waals surface area contributed by atoms with Crippen molar-refractivity contribution in [3.8, 4) is 0 Å². The Bertz CT molecular complexity index is 588. The third kappa shape index (κ3) is 2.84. The van der Waals surface area contributed by atoms with E-state index in [1.807, 2.05) is 0 Å². The molecular formula is C12H11ClF3N3. The van der Waals surface area contributed by atoms with Gasteiger partial charge in [0.1, 0.15) is 10.8 Å². The van der Waals surface area contributed by atoms with Crippen LogP contribution >= 0.6 is 11.6 Å². The van der Waals surface area contributed by atoms with Gasteiger partial charge in [0, 0.05) is 0 Å². The highest BCUT2D eigenvalue weighted by Crippen LogP contribution is 2.29. The van der Waals surface area contributed by atoms with E-state index in [9.17, 15) is 13.2 Å². The molecule has 0 radical (unpaired) electrons. The summed E-state index contributed by atoms with van der Waals surface area (Å²) in [7, 11) is 0. The van der Waals surface area contributed by atoms with Gasteiger partial charge in [-0.2, -0.15) is 18.3 Å². The van der Waals surface area contributed by atoms with E-state index in [0.717, 1.165) is 12.1 Å². The van der Waals surface area contributed by atoms with Crippen molar-refractivity contribution in [3.05, 3.63) is 46.1 Å². The average Bonchev–Trinajstić information content (AvgIpc) is 2.57. The molecule has 1 aromatic carbocycles. The monoisotopic (exact) mass is 289 g/mol. The van der Waals surface area contributed by atoms with Gasteiger partial charge in [-0.15, -0.1) is 0 Å². The second kappa shape index (κ2) is 4.77. The minimum absolute atomic E-state index is 0.275. The van der Waals surface area contributed by atoms with Crippen LogP contribution < -0.4 is 5.73 Å². The van der Waals surface area contributed by atoms with Crippen LogP contribution in [0.2, 0.25) is 5.02 Å². The maximum atomic E-state index is 12.4. The molecule has 19 heavy (non-hydrogen) atoms. The molecule has 0 spiro atoms. The van der Waals surface area contributed by atoms with Crippen LogP contribution in [0.25, 0.3) is 0 Å². The van der Waals surface area contributed by atoms with E-state index in [4.69, 9.17) is 17.3 Å². The number of hydrogen-bond donors (Lipinski definition) is 1. The van der Waals surface area contributed by atoms with Gasteiger partial charge < -0.3 is 5.73 Å². The molecule has 0 unspecified atom stereocenters. The Morgan fingerprint density at radius 2 is 1.84 bits per heavy atom. The second-order valence-corrected chi connectivity index (χ2v) is 4.51. The number of anilines is 1. The molecule has 0 amide bonds. The van der Waals surface area contributed by atoms with E-state index in [0.29, 0.717) is 22.1 Å². The van der Waals surface area contributed by atoms with Gasteiger partial charge >= 0.3 is 6.18 Å². The summed E-state index contributed by atoms with van der Waals surface area (Å²) < 4.78 is 38.7. The minimum Gasteiger partial charge on any atom is -0.383 e. The van der Waals surface area contributed by atoms with Crippen LogP contribution in [0.5, 0.6) is 0 Å². The highest BCUT2D eigenvalue weighted by atomic mass is 35.5. The van der Waals surface area contributed by atoms with Gasteiger partial charge in [0.2, 0.25) is 0 Å². The maximum Gasteiger partial charge on any atom is 0.416 e. The summed E-state index contributed by atoms with van der Waals surface area (Å²) in [5.41, 5.74) is 6.31. The lowest BCUT2D eigenvalue weighted by molar-refractivity contribution is -0.137. The van der Waals surface area contributed by atoms with E-state index < -0.39 is 11.7 Å². The standard InChI is InChI=1S/C12H11ClF3N3/c1-7-10(13)11(17)19(18-7)6-8-2-4-9(5-3-8)12(14,15)16/h2-5H,6,17H2,1H3. The van der Waals surface area contributed by atoms with Crippen molar-refractivity contribution in [2.24, 2.45) is 0 Å². The zero-order chi connectivity index (χ0) is 14.2. The Kier molecular flexibility index (Phi) is 3.45. The predicted molar refractivity (Wildman–Crippen MR) is 66.9 cm³/mol. The van der Waals surface area contributed by atoms with Gasteiger partial charge in [-0.3, -0.25) is 0 Å². The highest BCUT2D eigenvalue weighted by molar-refractivity contribution is 6.33. The lowest BCUT2D eigenvalue weighted by Gasteiger charge is -2.08. The Morgan fingerprint density at radius 3 is 2.26 bits per heavy atom. The largest absolute Gasteiger partial charge is 0.416 e. The van der Waals surface area contributed by atoms with Crippen LogP contribution in [0.3, 0.4) is 0 Å². The molecule has 102 valence electrons. The van der Waals surface area contributed by atoms with Crippen LogP contribution in [0.15, 0.2) is 24.3 Å². The first-order valence-corrected chi connectivity index (χ1v) is 5.81. The zero-order valence-corrected chi connectivity index (χ0v) is 10.8. The number of nitrogen functional groups attached to an aromatic ring is 1. The molecule has 2 N–H and O–H groups in total. The number of aryl methyl sites for hydroxylation is 1. The van der Waals surface area contributed by atoms with Gasteiger partial charge in [0.05, 0.1) is 17.8 Å². The lowest BCUT2D eigenvalue weighted by atomic mass is 10.1. The number of hydrogen-bond acceptors (Lipinski definition) is 2. The number of rotatable bonds is 2. The van der Waals surface area contributed by atoms with Crippen molar-refractivity contribution in [2.45, 2.75) is 19.6 Å². The lowest BCUT2D eigenvalue weighted by Crippen LogP contribution is -2.08. The molecule has 0 saturated carbocycles. The molecule has 7 heteroatoms. The first kappa shape index (κ1) is 13.7. The summed E-state index contributed by atoms with van der Waals surface area (Å²) in [6.45, 7) is 1.99. The molecule has 2 rings (SSSR count). The van der Waals surface area contributed by atoms with Crippen molar-refractivity contribution < 1.29 is 13.2 Å². The molecule has 0 aliphatic heterocycles. The van der Waals surface area contributed by atoms with Gasteiger partial charge in [-0.05, 0) is 24.6 Å².